The highest BCUT2D eigenvalue weighted by Gasteiger charge is 2.57. The van der Waals surface area contributed by atoms with Crippen LogP contribution in [0, 0.1) is 0 Å². The molecule has 3 heteroatoms. The van der Waals surface area contributed by atoms with E-state index in [0.29, 0.717) is 6.10 Å². The first-order valence-electron chi connectivity index (χ1n) is 4.10. The van der Waals surface area contributed by atoms with Crippen LogP contribution in [0.3, 0.4) is 0 Å². The standard InChI is InChI=1S/C9H10O2S/c1-9(2)8-6(10-8)7-5(11-9)3-4-12-7/h3-4,6,8H,1-2H3. The van der Waals surface area contributed by atoms with Gasteiger partial charge in [-0.15, -0.1) is 11.3 Å². The zero-order valence-corrected chi connectivity index (χ0v) is 7.85. The summed E-state index contributed by atoms with van der Waals surface area (Å²) in [5, 5.41) is 2.06. The second kappa shape index (κ2) is 1.86. The molecule has 0 amide bonds. The van der Waals surface area contributed by atoms with E-state index in [1.165, 1.54) is 4.88 Å². The third-order valence-electron chi connectivity index (χ3n) is 2.47. The third kappa shape index (κ3) is 0.730. The summed E-state index contributed by atoms with van der Waals surface area (Å²) in [7, 11) is 0. The fourth-order valence-corrected chi connectivity index (χ4v) is 2.66. The first-order valence-corrected chi connectivity index (χ1v) is 4.98. The Morgan fingerprint density at radius 2 is 2.33 bits per heavy atom. The predicted molar refractivity (Wildman–Crippen MR) is 46.6 cm³/mol. The van der Waals surface area contributed by atoms with Gasteiger partial charge in [0.1, 0.15) is 23.6 Å². The lowest BCUT2D eigenvalue weighted by Gasteiger charge is -2.27. The lowest BCUT2D eigenvalue weighted by Crippen LogP contribution is -2.37. The Hall–Kier alpha value is -0.540. The lowest BCUT2D eigenvalue weighted by molar-refractivity contribution is 0.0732. The number of hydrogen-bond acceptors (Lipinski definition) is 3. The van der Waals surface area contributed by atoms with Crippen molar-refractivity contribution in [2.45, 2.75) is 31.7 Å². The topological polar surface area (TPSA) is 21.8 Å². The number of hydrogen-bond donors (Lipinski definition) is 0. The number of epoxide rings is 1. The van der Waals surface area contributed by atoms with E-state index in [9.17, 15) is 0 Å². The number of thiophene rings is 1. The summed E-state index contributed by atoms with van der Waals surface area (Å²) in [6.45, 7) is 4.16. The molecule has 2 aliphatic rings. The van der Waals surface area contributed by atoms with Crippen molar-refractivity contribution >= 4 is 11.3 Å². The zero-order valence-electron chi connectivity index (χ0n) is 7.03. The summed E-state index contributed by atoms with van der Waals surface area (Å²) in [4.78, 5) is 1.26. The molecule has 1 fully saturated rings. The summed E-state index contributed by atoms with van der Waals surface area (Å²) in [6.07, 6.45) is 0.604. The van der Waals surface area contributed by atoms with Crippen LogP contribution in [0.2, 0.25) is 0 Å². The van der Waals surface area contributed by atoms with Crippen LogP contribution in [0.1, 0.15) is 24.8 Å². The van der Waals surface area contributed by atoms with Crippen LogP contribution in [0.25, 0.3) is 0 Å². The highest BCUT2D eigenvalue weighted by molar-refractivity contribution is 7.10. The van der Waals surface area contributed by atoms with E-state index in [-0.39, 0.29) is 11.7 Å². The van der Waals surface area contributed by atoms with E-state index in [1.54, 1.807) is 11.3 Å². The average molecular weight is 182 g/mol. The van der Waals surface area contributed by atoms with Gasteiger partial charge in [-0.3, -0.25) is 0 Å². The molecule has 0 aliphatic carbocycles. The molecule has 2 atom stereocenters. The Morgan fingerprint density at radius 1 is 1.50 bits per heavy atom. The predicted octanol–water partition coefficient (Wildman–Crippen LogP) is 2.36. The van der Waals surface area contributed by atoms with Crippen molar-refractivity contribution in [3.05, 3.63) is 16.3 Å². The van der Waals surface area contributed by atoms with Gasteiger partial charge in [-0.1, -0.05) is 0 Å². The van der Waals surface area contributed by atoms with Crippen LogP contribution in [0.15, 0.2) is 11.4 Å². The molecule has 2 unspecified atom stereocenters. The first kappa shape index (κ1) is 6.92. The lowest BCUT2D eigenvalue weighted by atomic mass is 9.99. The molecule has 0 saturated carbocycles. The van der Waals surface area contributed by atoms with E-state index < -0.39 is 0 Å². The van der Waals surface area contributed by atoms with E-state index in [1.807, 2.05) is 6.07 Å². The Labute approximate surface area is 75.1 Å². The average Bonchev–Trinajstić information content (AvgIpc) is 2.68. The maximum Gasteiger partial charge on any atom is 0.136 e. The highest BCUT2D eigenvalue weighted by atomic mass is 32.1. The normalized spacial score (nSPS) is 34.8. The van der Waals surface area contributed by atoms with Crippen molar-refractivity contribution in [2.75, 3.05) is 0 Å². The largest absolute Gasteiger partial charge is 0.484 e. The van der Waals surface area contributed by atoms with Crippen molar-refractivity contribution in [3.8, 4) is 5.75 Å². The van der Waals surface area contributed by atoms with E-state index in [2.05, 4.69) is 19.2 Å². The second-order valence-corrected chi connectivity index (χ2v) is 4.78. The summed E-state index contributed by atoms with van der Waals surface area (Å²) >= 11 is 1.73. The Balaban J connectivity index is 2.11. The second-order valence-electron chi connectivity index (χ2n) is 3.83. The van der Waals surface area contributed by atoms with Crippen molar-refractivity contribution in [1.82, 2.24) is 0 Å². The molecule has 2 nitrogen and oxygen atoms in total. The molecule has 3 heterocycles. The van der Waals surface area contributed by atoms with Crippen molar-refractivity contribution in [1.29, 1.82) is 0 Å². The molecule has 3 rings (SSSR count). The molecule has 1 saturated heterocycles. The van der Waals surface area contributed by atoms with Crippen molar-refractivity contribution in [2.24, 2.45) is 0 Å². The van der Waals surface area contributed by atoms with Crippen LogP contribution in [0.4, 0.5) is 0 Å². The molecule has 1 aromatic heterocycles. The van der Waals surface area contributed by atoms with Crippen LogP contribution in [-0.4, -0.2) is 11.7 Å². The molecule has 0 spiro atoms. The Morgan fingerprint density at radius 3 is 3.17 bits per heavy atom. The van der Waals surface area contributed by atoms with Crippen molar-refractivity contribution < 1.29 is 9.47 Å². The monoisotopic (exact) mass is 182 g/mol. The number of rotatable bonds is 0. The van der Waals surface area contributed by atoms with Gasteiger partial charge in [0.05, 0.1) is 4.88 Å². The summed E-state index contributed by atoms with van der Waals surface area (Å²) < 4.78 is 11.4. The fraction of sp³-hybridized carbons (Fsp3) is 0.556. The van der Waals surface area contributed by atoms with E-state index in [4.69, 9.17) is 9.47 Å². The fourth-order valence-electron chi connectivity index (χ4n) is 1.78. The highest BCUT2D eigenvalue weighted by Crippen LogP contribution is 2.55. The maximum absolute atomic E-state index is 5.80. The first-order chi connectivity index (χ1) is 5.68. The van der Waals surface area contributed by atoms with Gasteiger partial charge >= 0.3 is 0 Å². The van der Waals surface area contributed by atoms with Gasteiger partial charge in [0.15, 0.2) is 0 Å². The van der Waals surface area contributed by atoms with Crippen LogP contribution < -0.4 is 4.74 Å². The molecule has 0 aromatic carbocycles. The smallest absolute Gasteiger partial charge is 0.136 e. The van der Waals surface area contributed by atoms with Gasteiger partial charge in [-0.05, 0) is 25.3 Å². The summed E-state index contributed by atoms with van der Waals surface area (Å²) in [5.41, 5.74) is -0.140. The molecule has 64 valence electrons. The Bertz CT molecular complexity index is 329. The van der Waals surface area contributed by atoms with Gasteiger partial charge < -0.3 is 9.47 Å². The summed E-state index contributed by atoms with van der Waals surface area (Å²) in [5.74, 6) is 1.02. The van der Waals surface area contributed by atoms with E-state index in [0.717, 1.165) is 5.75 Å². The molecular weight excluding hydrogens is 172 g/mol. The van der Waals surface area contributed by atoms with Gasteiger partial charge in [0.25, 0.3) is 0 Å². The van der Waals surface area contributed by atoms with Gasteiger partial charge in [0.2, 0.25) is 0 Å². The van der Waals surface area contributed by atoms with Crippen LogP contribution in [-0.2, 0) is 4.74 Å². The minimum Gasteiger partial charge on any atom is -0.484 e. The molecule has 2 aliphatic heterocycles. The molecule has 0 bridgehead atoms. The summed E-state index contributed by atoms with van der Waals surface area (Å²) in [6, 6.07) is 2.03. The Kier molecular flexibility index (Phi) is 1.07. The SMILES string of the molecule is CC1(C)Oc2ccsc2C2OC21. The van der Waals surface area contributed by atoms with Crippen molar-refractivity contribution in [3.63, 3.8) is 0 Å². The minimum atomic E-state index is -0.140. The number of ether oxygens (including phenoxy) is 2. The number of fused-ring (bicyclic) bond motifs is 3. The molecule has 1 aromatic rings. The molecule has 0 radical (unpaired) electrons. The maximum atomic E-state index is 5.80. The van der Waals surface area contributed by atoms with Crippen LogP contribution >= 0.6 is 11.3 Å². The van der Waals surface area contributed by atoms with Gasteiger partial charge in [-0.2, -0.15) is 0 Å². The van der Waals surface area contributed by atoms with E-state index >= 15 is 0 Å². The van der Waals surface area contributed by atoms with Gasteiger partial charge in [0, 0.05) is 0 Å². The quantitative estimate of drug-likeness (QED) is 0.574. The molecule has 12 heavy (non-hydrogen) atoms. The van der Waals surface area contributed by atoms with Gasteiger partial charge in [-0.25, -0.2) is 0 Å². The molecular formula is C9H10O2S. The van der Waals surface area contributed by atoms with Crippen LogP contribution in [0.5, 0.6) is 5.75 Å². The third-order valence-corrected chi connectivity index (χ3v) is 3.43. The minimum absolute atomic E-state index is 0.140. The zero-order chi connectivity index (χ0) is 8.34. The molecule has 0 N–H and O–H groups in total.